The molecule has 19 heavy (non-hydrogen) atoms. The molecule has 7 heteroatoms. The molecule has 0 bridgehead atoms. The smallest absolute Gasteiger partial charge is 0.269 e. The molecule has 0 saturated heterocycles. The Morgan fingerprint density at radius 3 is 2.53 bits per heavy atom. The minimum atomic E-state index is -1.18. The molecule has 1 aromatic heterocycles. The van der Waals surface area contributed by atoms with E-state index in [1.54, 1.807) is 23.6 Å². The Morgan fingerprint density at radius 2 is 1.95 bits per heavy atom. The van der Waals surface area contributed by atoms with Gasteiger partial charge in [-0.1, -0.05) is 12.1 Å². The molecule has 0 radical (unpaired) electrons. The molecule has 1 heterocycles. The Morgan fingerprint density at radius 1 is 1.26 bits per heavy atom. The highest BCUT2D eigenvalue weighted by Gasteiger charge is 2.07. The maximum Gasteiger partial charge on any atom is 0.269 e. The van der Waals surface area contributed by atoms with E-state index in [-0.39, 0.29) is 10.6 Å². The maximum absolute atomic E-state index is 10.8. The number of benzene rings is 1. The predicted octanol–water partition coefficient (Wildman–Crippen LogP) is 2.31. The van der Waals surface area contributed by atoms with Crippen molar-refractivity contribution < 1.29 is 14.8 Å². The summed E-state index contributed by atoms with van der Waals surface area (Å²) in [5.74, 6) is -0.629. The third-order valence-electron chi connectivity index (χ3n) is 2.36. The summed E-state index contributed by atoms with van der Waals surface area (Å²) in [6.07, 6.45) is 0. The van der Waals surface area contributed by atoms with Gasteiger partial charge in [-0.25, -0.2) is 0 Å². The molecule has 0 fully saturated rings. The second-order valence-corrected chi connectivity index (χ2v) is 5.55. The number of hydrogen-bond donors (Lipinski definition) is 0. The van der Waals surface area contributed by atoms with E-state index in [4.69, 9.17) is 0 Å². The SMILES string of the molecule is O=C([O-])c1sccc1SCc1ccc([N+](=O)[O-])cc1. The molecule has 5 nitrogen and oxygen atoms in total. The normalized spacial score (nSPS) is 10.3. The Balaban J connectivity index is 2.04. The zero-order chi connectivity index (χ0) is 13.8. The lowest BCUT2D eigenvalue weighted by Crippen LogP contribution is -2.21. The van der Waals surface area contributed by atoms with Crippen LogP contribution in [-0.4, -0.2) is 10.9 Å². The van der Waals surface area contributed by atoms with E-state index in [0.717, 1.165) is 16.9 Å². The summed E-state index contributed by atoms with van der Waals surface area (Å²) >= 11 is 2.50. The number of nitro groups is 1. The lowest BCUT2D eigenvalue weighted by atomic mass is 10.2. The molecular formula is C12H8NO4S2-. The van der Waals surface area contributed by atoms with E-state index in [0.29, 0.717) is 10.6 Å². The summed E-state index contributed by atoms with van der Waals surface area (Å²) in [5, 5.41) is 23.0. The van der Waals surface area contributed by atoms with E-state index in [1.165, 1.54) is 23.9 Å². The summed E-state index contributed by atoms with van der Waals surface area (Å²) in [7, 11) is 0. The number of rotatable bonds is 5. The first kappa shape index (κ1) is 13.6. The number of nitrogens with zero attached hydrogens (tertiary/aromatic N) is 1. The average Bonchev–Trinajstić information content (AvgIpc) is 2.85. The molecule has 2 aromatic rings. The van der Waals surface area contributed by atoms with E-state index >= 15 is 0 Å². The van der Waals surface area contributed by atoms with Crippen LogP contribution in [0, 0.1) is 10.1 Å². The molecule has 0 unspecified atom stereocenters. The zero-order valence-corrected chi connectivity index (χ0v) is 11.2. The third-order valence-corrected chi connectivity index (χ3v) is 4.51. The number of carbonyl (C=O) groups excluding carboxylic acids is 1. The van der Waals surface area contributed by atoms with Gasteiger partial charge in [0.2, 0.25) is 0 Å². The molecule has 0 atom stereocenters. The largest absolute Gasteiger partial charge is 0.544 e. The van der Waals surface area contributed by atoms with Crippen LogP contribution < -0.4 is 5.11 Å². The van der Waals surface area contributed by atoms with Gasteiger partial charge < -0.3 is 9.90 Å². The first-order valence-electron chi connectivity index (χ1n) is 5.23. The van der Waals surface area contributed by atoms with Gasteiger partial charge in [0.25, 0.3) is 5.69 Å². The Kier molecular flexibility index (Phi) is 4.18. The molecule has 0 aliphatic carbocycles. The minimum Gasteiger partial charge on any atom is -0.544 e. The van der Waals surface area contributed by atoms with Crippen molar-refractivity contribution in [1.29, 1.82) is 0 Å². The minimum absolute atomic E-state index is 0.0414. The van der Waals surface area contributed by atoms with Gasteiger partial charge in [0.1, 0.15) is 0 Å². The molecule has 0 amide bonds. The van der Waals surface area contributed by atoms with E-state index in [2.05, 4.69) is 0 Å². The van der Waals surface area contributed by atoms with Crippen LogP contribution in [0.3, 0.4) is 0 Å². The summed E-state index contributed by atoms with van der Waals surface area (Å²) < 4.78 is 0. The van der Waals surface area contributed by atoms with Gasteiger partial charge in [-0.3, -0.25) is 10.1 Å². The van der Waals surface area contributed by atoms with Gasteiger partial charge in [0.15, 0.2) is 0 Å². The van der Waals surface area contributed by atoms with Gasteiger partial charge in [-0.2, -0.15) is 0 Å². The second kappa shape index (κ2) is 5.85. The van der Waals surface area contributed by atoms with Crippen LogP contribution in [0.4, 0.5) is 5.69 Å². The molecule has 2 rings (SSSR count). The fraction of sp³-hybridized carbons (Fsp3) is 0.0833. The van der Waals surface area contributed by atoms with Crippen molar-refractivity contribution in [3.05, 3.63) is 56.3 Å². The van der Waals surface area contributed by atoms with Crippen molar-refractivity contribution in [2.75, 3.05) is 0 Å². The maximum atomic E-state index is 10.8. The number of non-ortho nitro benzene ring substituents is 1. The number of carboxylic acids is 1. The highest BCUT2D eigenvalue weighted by molar-refractivity contribution is 7.98. The van der Waals surface area contributed by atoms with Crippen molar-refractivity contribution in [2.24, 2.45) is 0 Å². The number of aromatic carboxylic acids is 1. The van der Waals surface area contributed by atoms with Crippen LogP contribution in [0.1, 0.15) is 15.2 Å². The van der Waals surface area contributed by atoms with E-state index in [9.17, 15) is 20.0 Å². The zero-order valence-electron chi connectivity index (χ0n) is 9.57. The standard InChI is InChI=1S/C12H9NO4S2/c14-12(15)11-10(5-6-18-11)19-7-8-1-3-9(4-2-8)13(16)17/h1-6H,7H2,(H,14,15)/p-1. The van der Waals surface area contributed by atoms with Crippen molar-refractivity contribution in [3.63, 3.8) is 0 Å². The highest BCUT2D eigenvalue weighted by atomic mass is 32.2. The predicted molar refractivity (Wildman–Crippen MR) is 71.3 cm³/mol. The quantitative estimate of drug-likeness (QED) is 0.480. The molecular weight excluding hydrogens is 286 g/mol. The van der Waals surface area contributed by atoms with Crippen LogP contribution >= 0.6 is 23.1 Å². The highest BCUT2D eigenvalue weighted by Crippen LogP contribution is 2.30. The Labute approximate surface area is 117 Å². The van der Waals surface area contributed by atoms with E-state index < -0.39 is 10.9 Å². The third kappa shape index (κ3) is 3.33. The molecule has 0 N–H and O–H groups in total. The molecule has 0 aliphatic rings. The molecule has 98 valence electrons. The Hall–Kier alpha value is -1.86. The fourth-order valence-corrected chi connectivity index (χ4v) is 3.36. The number of hydrogen-bond acceptors (Lipinski definition) is 6. The molecule has 0 spiro atoms. The monoisotopic (exact) mass is 294 g/mol. The lowest BCUT2D eigenvalue weighted by Gasteiger charge is -2.04. The van der Waals surface area contributed by atoms with Crippen LogP contribution in [0.25, 0.3) is 0 Å². The number of thioether (sulfide) groups is 1. The van der Waals surface area contributed by atoms with Crippen molar-refractivity contribution >= 4 is 34.8 Å². The number of nitro benzene ring substituents is 1. The van der Waals surface area contributed by atoms with Crippen LogP contribution in [0.5, 0.6) is 0 Å². The summed E-state index contributed by atoms with van der Waals surface area (Å²) in [6.45, 7) is 0. The van der Waals surface area contributed by atoms with Gasteiger partial charge in [0.05, 0.1) is 15.8 Å². The van der Waals surface area contributed by atoms with Crippen molar-refractivity contribution in [3.8, 4) is 0 Å². The van der Waals surface area contributed by atoms with Crippen molar-refractivity contribution in [1.82, 2.24) is 0 Å². The lowest BCUT2D eigenvalue weighted by molar-refractivity contribution is -0.384. The summed E-state index contributed by atoms with van der Waals surface area (Å²) in [4.78, 5) is 21.7. The van der Waals surface area contributed by atoms with Crippen LogP contribution in [0.15, 0.2) is 40.6 Å². The number of thiophene rings is 1. The fourth-order valence-electron chi connectivity index (χ4n) is 1.43. The van der Waals surface area contributed by atoms with Gasteiger partial charge in [-0.05, 0) is 17.0 Å². The average molecular weight is 294 g/mol. The summed E-state index contributed by atoms with van der Waals surface area (Å²) in [5.41, 5.74) is 0.936. The first-order valence-corrected chi connectivity index (χ1v) is 7.09. The summed E-state index contributed by atoms with van der Waals surface area (Å²) in [6, 6.07) is 7.92. The molecule has 1 aromatic carbocycles. The number of carboxylic acid groups (broad SMARTS) is 1. The van der Waals surface area contributed by atoms with Gasteiger partial charge in [0, 0.05) is 22.8 Å². The second-order valence-electron chi connectivity index (χ2n) is 3.61. The van der Waals surface area contributed by atoms with Gasteiger partial charge in [-0.15, -0.1) is 23.1 Å². The van der Waals surface area contributed by atoms with Crippen LogP contribution in [0.2, 0.25) is 0 Å². The van der Waals surface area contributed by atoms with Gasteiger partial charge >= 0.3 is 0 Å². The van der Waals surface area contributed by atoms with E-state index in [1.807, 2.05) is 0 Å². The molecule has 0 aliphatic heterocycles. The topological polar surface area (TPSA) is 83.3 Å². The number of carbonyl (C=O) groups is 1. The molecule has 0 saturated carbocycles. The van der Waals surface area contributed by atoms with Crippen molar-refractivity contribution in [2.45, 2.75) is 10.6 Å². The van der Waals surface area contributed by atoms with Crippen LogP contribution in [-0.2, 0) is 5.75 Å². The Bertz CT molecular complexity index is 606. The first-order chi connectivity index (χ1) is 9.08.